The van der Waals surface area contributed by atoms with Gasteiger partial charge in [-0.15, -0.1) is 0 Å². The molecule has 1 fully saturated rings. The van der Waals surface area contributed by atoms with E-state index >= 15 is 0 Å². The molecule has 100 valence electrons. The van der Waals surface area contributed by atoms with Crippen molar-refractivity contribution in [2.75, 3.05) is 25.2 Å². The molecule has 18 heavy (non-hydrogen) atoms. The van der Waals surface area contributed by atoms with Crippen LogP contribution < -0.4 is 4.74 Å². The highest BCUT2D eigenvalue weighted by atomic mass is 79.9. The summed E-state index contributed by atoms with van der Waals surface area (Å²) in [5, 5.41) is 0.849. The average molecular weight is 382 g/mol. The molecule has 0 aromatic heterocycles. The van der Waals surface area contributed by atoms with Crippen molar-refractivity contribution in [2.45, 2.75) is 12.8 Å². The van der Waals surface area contributed by atoms with Crippen molar-refractivity contribution in [3.05, 3.63) is 28.5 Å². The van der Waals surface area contributed by atoms with Gasteiger partial charge in [0.2, 0.25) is 0 Å². The van der Waals surface area contributed by atoms with E-state index in [0.29, 0.717) is 16.8 Å². The molecule has 0 radical (unpaired) electrons. The second-order valence-electron chi connectivity index (χ2n) is 4.61. The maximum Gasteiger partial charge on any atom is 0.166 e. The molecule has 2 rings (SSSR count). The molecular formula is C13H15Br2FO2. The number of hydrogen-bond donors (Lipinski definition) is 0. The van der Waals surface area contributed by atoms with Crippen molar-refractivity contribution in [3.8, 4) is 5.75 Å². The van der Waals surface area contributed by atoms with Gasteiger partial charge in [0.15, 0.2) is 11.6 Å². The number of benzene rings is 1. The van der Waals surface area contributed by atoms with Gasteiger partial charge in [0.05, 0.1) is 6.61 Å². The summed E-state index contributed by atoms with van der Waals surface area (Å²) in [5.41, 5.74) is 0.0533. The largest absolute Gasteiger partial charge is 0.490 e. The highest BCUT2D eigenvalue weighted by Gasteiger charge is 2.32. The van der Waals surface area contributed by atoms with E-state index in [0.717, 1.165) is 31.4 Å². The summed E-state index contributed by atoms with van der Waals surface area (Å²) in [6.07, 6.45) is 1.88. The molecule has 1 aliphatic heterocycles. The summed E-state index contributed by atoms with van der Waals surface area (Å²) >= 11 is 6.76. The van der Waals surface area contributed by atoms with Gasteiger partial charge in [0, 0.05) is 28.4 Å². The Kier molecular flexibility index (Phi) is 5.04. The molecule has 1 aromatic carbocycles. The van der Waals surface area contributed by atoms with Gasteiger partial charge in [-0.05, 0) is 31.0 Å². The molecule has 5 heteroatoms. The van der Waals surface area contributed by atoms with Crippen molar-refractivity contribution in [1.29, 1.82) is 0 Å². The zero-order valence-electron chi connectivity index (χ0n) is 9.93. The lowest BCUT2D eigenvalue weighted by Crippen LogP contribution is -2.36. The molecular weight excluding hydrogens is 367 g/mol. The summed E-state index contributed by atoms with van der Waals surface area (Å²) < 4.78 is 25.4. The monoisotopic (exact) mass is 380 g/mol. The van der Waals surface area contributed by atoms with Crippen LogP contribution in [-0.4, -0.2) is 25.2 Å². The highest BCUT2D eigenvalue weighted by molar-refractivity contribution is 9.10. The van der Waals surface area contributed by atoms with E-state index in [1.165, 1.54) is 6.07 Å². The van der Waals surface area contributed by atoms with Gasteiger partial charge in [-0.3, -0.25) is 0 Å². The van der Waals surface area contributed by atoms with Crippen LogP contribution in [0.2, 0.25) is 0 Å². The summed E-state index contributed by atoms with van der Waals surface area (Å²) in [6.45, 7) is 2.01. The second-order valence-corrected chi connectivity index (χ2v) is 6.09. The summed E-state index contributed by atoms with van der Waals surface area (Å²) in [6, 6.07) is 4.85. The van der Waals surface area contributed by atoms with E-state index in [4.69, 9.17) is 9.47 Å². The van der Waals surface area contributed by atoms with Crippen LogP contribution in [0.1, 0.15) is 12.8 Å². The van der Waals surface area contributed by atoms with Crippen molar-refractivity contribution >= 4 is 31.9 Å². The standard InChI is InChI=1S/C13H15Br2FO2/c14-8-13(3-5-17-6-4-13)9-18-12-2-1-10(15)7-11(12)16/h1-2,7H,3-6,8-9H2. The maximum atomic E-state index is 13.6. The first-order valence-electron chi connectivity index (χ1n) is 5.87. The Bertz CT molecular complexity index is 406. The molecule has 0 aliphatic carbocycles. The Morgan fingerprint density at radius 2 is 2.06 bits per heavy atom. The fraction of sp³-hybridized carbons (Fsp3) is 0.538. The SMILES string of the molecule is Fc1cc(Br)ccc1OCC1(CBr)CCOCC1. The van der Waals surface area contributed by atoms with Crippen LogP contribution in [0.25, 0.3) is 0 Å². The first kappa shape index (κ1) is 14.3. The van der Waals surface area contributed by atoms with Gasteiger partial charge in [-0.25, -0.2) is 4.39 Å². The third-order valence-electron chi connectivity index (χ3n) is 3.26. The second kappa shape index (κ2) is 6.35. The van der Waals surface area contributed by atoms with Crippen LogP contribution in [0.5, 0.6) is 5.75 Å². The molecule has 1 aliphatic rings. The molecule has 0 amide bonds. The van der Waals surface area contributed by atoms with Gasteiger partial charge in [-0.1, -0.05) is 31.9 Å². The predicted molar refractivity (Wildman–Crippen MR) is 75.9 cm³/mol. The minimum atomic E-state index is -0.332. The van der Waals surface area contributed by atoms with Crippen molar-refractivity contribution in [2.24, 2.45) is 5.41 Å². The summed E-state index contributed by atoms with van der Waals surface area (Å²) in [4.78, 5) is 0. The molecule has 0 saturated carbocycles. The Balaban J connectivity index is 2.01. The van der Waals surface area contributed by atoms with Crippen LogP contribution in [0.3, 0.4) is 0 Å². The van der Waals surface area contributed by atoms with E-state index in [9.17, 15) is 4.39 Å². The Morgan fingerprint density at radius 3 is 2.67 bits per heavy atom. The minimum absolute atomic E-state index is 0.0533. The van der Waals surface area contributed by atoms with E-state index < -0.39 is 0 Å². The number of hydrogen-bond acceptors (Lipinski definition) is 2. The number of halogens is 3. The van der Waals surface area contributed by atoms with Gasteiger partial charge < -0.3 is 9.47 Å². The number of rotatable bonds is 4. The minimum Gasteiger partial charge on any atom is -0.490 e. The van der Waals surface area contributed by atoms with Crippen molar-refractivity contribution in [3.63, 3.8) is 0 Å². The zero-order chi connectivity index (χ0) is 13.0. The van der Waals surface area contributed by atoms with Crippen molar-refractivity contribution < 1.29 is 13.9 Å². The molecule has 1 heterocycles. The summed E-state index contributed by atoms with van der Waals surface area (Å²) in [7, 11) is 0. The molecule has 0 spiro atoms. The molecule has 0 unspecified atom stereocenters. The Morgan fingerprint density at radius 1 is 1.33 bits per heavy atom. The van der Waals surface area contributed by atoms with Gasteiger partial charge in [0.1, 0.15) is 0 Å². The lowest BCUT2D eigenvalue weighted by Gasteiger charge is -2.35. The molecule has 0 atom stereocenters. The third kappa shape index (κ3) is 3.45. The van der Waals surface area contributed by atoms with Gasteiger partial charge in [-0.2, -0.15) is 0 Å². The van der Waals surface area contributed by atoms with Crippen molar-refractivity contribution in [1.82, 2.24) is 0 Å². The van der Waals surface area contributed by atoms with Crippen LogP contribution in [-0.2, 0) is 4.74 Å². The lowest BCUT2D eigenvalue weighted by molar-refractivity contribution is 0.00289. The van der Waals surface area contributed by atoms with E-state index in [1.807, 2.05) is 0 Å². The molecule has 0 bridgehead atoms. The number of alkyl halides is 1. The van der Waals surface area contributed by atoms with E-state index in [1.54, 1.807) is 12.1 Å². The molecule has 1 aromatic rings. The smallest absolute Gasteiger partial charge is 0.166 e. The molecule has 2 nitrogen and oxygen atoms in total. The average Bonchev–Trinajstić information content (AvgIpc) is 2.39. The number of ether oxygens (including phenoxy) is 2. The fourth-order valence-electron chi connectivity index (χ4n) is 1.94. The summed E-state index contributed by atoms with van der Waals surface area (Å²) in [5.74, 6) is -0.0221. The normalized spacial score (nSPS) is 18.6. The highest BCUT2D eigenvalue weighted by Crippen LogP contribution is 2.34. The van der Waals surface area contributed by atoms with Crippen LogP contribution >= 0.6 is 31.9 Å². The quantitative estimate of drug-likeness (QED) is 0.729. The lowest BCUT2D eigenvalue weighted by atomic mass is 9.83. The maximum absolute atomic E-state index is 13.6. The van der Waals surface area contributed by atoms with Crippen LogP contribution in [0.15, 0.2) is 22.7 Å². The first-order valence-corrected chi connectivity index (χ1v) is 7.78. The topological polar surface area (TPSA) is 18.5 Å². The molecule has 0 N–H and O–H groups in total. The van der Waals surface area contributed by atoms with E-state index in [2.05, 4.69) is 31.9 Å². The van der Waals surface area contributed by atoms with Gasteiger partial charge in [0.25, 0.3) is 0 Å². The Labute approximate surface area is 123 Å². The van der Waals surface area contributed by atoms with Gasteiger partial charge >= 0.3 is 0 Å². The zero-order valence-corrected chi connectivity index (χ0v) is 13.1. The van der Waals surface area contributed by atoms with E-state index in [-0.39, 0.29) is 11.2 Å². The fourth-order valence-corrected chi connectivity index (χ4v) is 3.00. The van der Waals surface area contributed by atoms with Crippen LogP contribution in [0.4, 0.5) is 4.39 Å². The molecule has 1 saturated heterocycles. The third-order valence-corrected chi connectivity index (χ3v) is 4.95. The van der Waals surface area contributed by atoms with Crippen LogP contribution in [0, 0.1) is 11.2 Å². The first-order chi connectivity index (χ1) is 8.65. The Hall–Kier alpha value is -0.130. The predicted octanol–water partition coefficient (Wildman–Crippen LogP) is 4.16.